The maximum Gasteiger partial charge on any atom is 0.119 e. The highest BCUT2D eigenvalue weighted by molar-refractivity contribution is 5.28. The molecule has 2 aliphatic rings. The van der Waals surface area contributed by atoms with Gasteiger partial charge in [-0.1, -0.05) is 12.1 Å². The lowest BCUT2D eigenvalue weighted by Crippen LogP contribution is -2.49. The molecule has 1 unspecified atom stereocenters. The summed E-state index contributed by atoms with van der Waals surface area (Å²) in [7, 11) is 1.73. The molecule has 1 aromatic carbocycles. The van der Waals surface area contributed by atoms with E-state index >= 15 is 0 Å². The van der Waals surface area contributed by atoms with Gasteiger partial charge in [-0.15, -0.1) is 0 Å². The first kappa shape index (κ1) is 12.0. The fourth-order valence-corrected chi connectivity index (χ4v) is 3.23. The lowest BCUT2D eigenvalue weighted by atomic mass is 10.1. The quantitative estimate of drug-likeness (QED) is 0.811. The molecule has 0 amide bonds. The highest BCUT2D eigenvalue weighted by Crippen LogP contribution is 2.23. The van der Waals surface area contributed by atoms with E-state index in [-0.39, 0.29) is 0 Å². The Morgan fingerprint density at radius 3 is 3.11 bits per heavy atom. The molecule has 2 saturated heterocycles. The topological polar surface area (TPSA) is 15.7 Å². The molecule has 3 rings (SSSR count). The summed E-state index contributed by atoms with van der Waals surface area (Å²) < 4.78 is 5.29. The average molecular weight is 246 g/mol. The van der Waals surface area contributed by atoms with E-state index in [0.717, 1.165) is 18.3 Å². The minimum absolute atomic E-state index is 0.810. The third-order valence-electron chi connectivity index (χ3n) is 4.21. The number of fused-ring (bicyclic) bond motifs is 1. The standard InChI is InChI=1S/C15H22N2O/c1-18-15-6-2-4-13(10-15)11-16-8-9-17-7-3-5-14(17)12-16/h2,4,6,10,14H,3,5,7-9,11-12H2,1H3. The molecule has 0 aromatic heterocycles. The van der Waals surface area contributed by atoms with E-state index in [4.69, 9.17) is 4.74 Å². The summed E-state index contributed by atoms with van der Waals surface area (Å²) in [6, 6.07) is 9.26. The van der Waals surface area contributed by atoms with Gasteiger partial charge < -0.3 is 4.74 Å². The van der Waals surface area contributed by atoms with Crippen LogP contribution in [0.2, 0.25) is 0 Å². The third kappa shape index (κ3) is 2.52. The zero-order chi connectivity index (χ0) is 12.4. The maximum atomic E-state index is 5.29. The molecule has 2 fully saturated rings. The minimum Gasteiger partial charge on any atom is -0.497 e. The minimum atomic E-state index is 0.810. The number of methoxy groups -OCH3 is 1. The van der Waals surface area contributed by atoms with Gasteiger partial charge in [0.05, 0.1) is 7.11 Å². The summed E-state index contributed by atoms with van der Waals surface area (Å²) in [5, 5.41) is 0. The highest BCUT2D eigenvalue weighted by Gasteiger charge is 2.30. The van der Waals surface area contributed by atoms with Crippen LogP contribution in [-0.4, -0.2) is 49.1 Å². The molecular weight excluding hydrogens is 224 g/mol. The Hall–Kier alpha value is -1.06. The van der Waals surface area contributed by atoms with Gasteiger partial charge in [0.2, 0.25) is 0 Å². The van der Waals surface area contributed by atoms with Gasteiger partial charge in [-0.25, -0.2) is 0 Å². The Labute approximate surface area is 109 Å². The van der Waals surface area contributed by atoms with E-state index in [9.17, 15) is 0 Å². The van der Waals surface area contributed by atoms with Crippen molar-refractivity contribution in [3.05, 3.63) is 29.8 Å². The number of nitrogens with zero attached hydrogens (tertiary/aromatic N) is 2. The van der Waals surface area contributed by atoms with Crippen molar-refractivity contribution in [2.45, 2.75) is 25.4 Å². The lowest BCUT2D eigenvalue weighted by molar-refractivity contribution is 0.0993. The molecule has 1 aromatic rings. The van der Waals surface area contributed by atoms with Crippen LogP contribution >= 0.6 is 0 Å². The summed E-state index contributed by atoms with van der Waals surface area (Å²) in [4.78, 5) is 5.24. The van der Waals surface area contributed by atoms with E-state index in [1.165, 1.54) is 44.6 Å². The smallest absolute Gasteiger partial charge is 0.119 e. The largest absolute Gasteiger partial charge is 0.497 e. The summed E-state index contributed by atoms with van der Waals surface area (Å²) >= 11 is 0. The van der Waals surface area contributed by atoms with E-state index in [1.54, 1.807) is 7.11 Å². The van der Waals surface area contributed by atoms with Gasteiger partial charge >= 0.3 is 0 Å². The summed E-state index contributed by atoms with van der Waals surface area (Å²) in [6.07, 6.45) is 2.77. The predicted molar refractivity (Wildman–Crippen MR) is 72.9 cm³/mol. The van der Waals surface area contributed by atoms with Crippen molar-refractivity contribution < 1.29 is 4.74 Å². The second-order valence-electron chi connectivity index (χ2n) is 5.42. The number of rotatable bonds is 3. The van der Waals surface area contributed by atoms with Crippen molar-refractivity contribution in [2.75, 3.05) is 33.3 Å². The van der Waals surface area contributed by atoms with Crippen LogP contribution in [0.4, 0.5) is 0 Å². The number of hydrogen-bond acceptors (Lipinski definition) is 3. The average Bonchev–Trinajstić information content (AvgIpc) is 2.86. The highest BCUT2D eigenvalue weighted by atomic mass is 16.5. The molecule has 2 heterocycles. The Balaban J connectivity index is 1.62. The van der Waals surface area contributed by atoms with Crippen LogP contribution in [0.25, 0.3) is 0 Å². The van der Waals surface area contributed by atoms with Gasteiger partial charge in [-0.05, 0) is 37.1 Å². The van der Waals surface area contributed by atoms with Crippen molar-refractivity contribution in [1.29, 1.82) is 0 Å². The van der Waals surface area contributed by atoms with E-state index in [2.05, 4.69) is 28.0 Å². The normalized spacial score (nSPS) is 25.1. The second kappa shape index (κ2) is 5.29. The molecule has 3 heteroatoms. The fraction of sp³-hybridized carbons (Fsp3) is 0.600. The van der Waals surface area contributed by atoms with Gasteiger partial charge in [-0.3, -0.25) is 9.80 Å². The Bertz CT molecular complexity index is 407. The van der Waals surface area contributed by atoms with E-state index in [1.807, 2.05) is 6.07 Å². The van der Waals surface area contributed by atoms with Crippen molar-refractivity contribution in [3.8, 4) is 5.75 Å². The molecule has 0 saturated carbocycles. The van der Waals surface area contributed by atoms with Crippen LogP contribution in [0.3, 0.4) is 0 Å². The summed E-state index contributed by atoms with van der Waals surface area (Å²) in [6.45, 7) is 6.05. The van der Waals surface area contributed by atoms with Gasteiger partial charge in [0.1, 0.15) is 5.75 Å². The molecule has 0 aliphatic carbocycles. The number of benzene rings is 1. The monoisotopic (exact) mass is 246 g/mol. The SMILES string of the molecule is COc1cccc(CN2CCN3CCCC3C2)c1. The molecule has 0 radical (unpaired) electrons. The van der Waals surface area contributed by atoms with E-state index in [0.29, 0.717) is 0 Å². The number of ether oxygens (including phenoxy) is 1. The Morgan fingerprint density at radius 2 is 2.22 bits per heavy atom. The predicted octanol–water partition coefficient (Wildman–Crippen LogP) is 1.98. The first-order chi connectivity index (χ1) is 8.85. The molecule has 0 bridgehead atoms. The van der Waals surface area contributed by atoms with Crippen molar-refractivity contribution in [3.63, 3.8) is 0 Å². The summed E-state index contributed by atoms with van der Waals surface area (Å²) in [5.41, 5.74) is 1.36. The maximum absolute atomic E-state index is 5.29. The molecule has 1 atom stereocenters. The zero-order valence-corrected chi connectivity index (χ0v) is 11.1. The van der Waals surface area contributed by atoms with Gasteiger partial charge in [0, 0.05) is 32.2 Å². The molecule has 3 nitrogen and oxygen atoms in total. The third-order valence-corrected chi connectivity index (χ3v) is 4.21. The first-order valence-electron chi connectivity index (χ1n) is 6.94. The van der Waals surface area contributed by atoms with E-state index < -0.39 is 0 Å². The van der Waals surface area contributed by atoms with Crippen molar-refractivity contribution in [1.82, 2.24) is 9.80 Å². The zero-order valence-electron chi connectivity index (χ0n) is 11.1. The molecular formula is C15H22N2O. The van der Waals surface area contributed by atoms with Crippen LogP contribution in [0.15, 0.2) is 24.3 Å². The molecule has 0 N–H and O–H groups in total. The van der Waals surface area contributed by atoms with Gasteiger partial charge in [0.25, 0.3) is 0 Å². The Kier molecular flexibility index (Phi) is 3.52. The van der Waals surface area contributed by atoms with Crippen LogP contribution in [0, 0.1) is 0 Å². The van der Waals surface area contributed by atoms with Crippen LogP contribution in [-0.2, 0) is 6.54 Å². The fourth-order valence-electron chi connectivity index (χ4n) is 3.23. The van der Waals surface area contributed by atoms with Gasteiger partial charge in [-0.2, -0.15) is 0 Å². The second-order valence-corrected chi connectivity index (χ2v) is 5.42. The molecule has 0 spiro atoms. The van der Waals surface area contributed by atoms with Gasteiger partial charge in [0.15, 0.2) is 0 Å². The van der Waals surface area contributed by atoms with Crippen molar-refractivity contribution in [2.24, 2.45) is 0 Å². The van der Waals surface area contributed by atoms with Crippen LogP contribution < -0.4 is 4.74 Å². The lowest BCUT2D eigenvalue weighted by Gasteiger charge is -2.37. The number of piperazine rings is 1. The molecule has 98 valence electrons. The molecule has 18 heavy (non-hydrogen) atoms. The van der Waals surface area contributed by atoms with Crippen molar-refractivity contribution >= 4 is 0 Å². The van der Waals surface area contributed by atoms with Crippen LogP contribution in [0.5, 0.6) is 5.75 Å². The Morgan fingerprint density at radius 1 is 1.28 bits per heavy atom. The summed E-state index contributed by atoms with van der Waals surface area (Å²) in [5.74, 6) is 0.965. The molecule has 2 aliphatic heterocycles. The number of hydrogen-bond donors (Lipinski definition) is 0. The first-order valence-corrected chi connectivity index (χ1v) is 6.94. The van der Waals surface area contributed by atoms with Crippen LogP contribution in [0.1, 0.15) is 18.4 Å².